The molecule has 0 radical (unpaired) electrons. The topological polar surface area (TPSA) is 29.3 Å². The minimum atomic E-state index is -4.22. The molecular formula is C11H14ClF3N2. The largest absolute Gasteiger partial charge is 0.401 e. The van der Waals surface area contributed by atoms with Crippen LogP contribution in [0.15, 0.2) is 18.2 Å². The molecule has 1 aromatic carbocycles. The molecule has 0 aliphatic rings. The minimum Gasteiger partial charge on any atom is -0.398 e. The summed E-state index contributed by atoms with van der Waals surface area (Å²) in [5, 5.41) is 0.394. The second kappa shape index (κ2) is 5.60. The minimum absolute atomic E-state index is 0.0987. The number of benzene rings is 1. The molecule has 0 fully saturated rings. The lowest BCUT2D eigenvalue weighted by Gasteiger charge is -2.23. The highest BCUT2D eigenvalue weighted by Gasteiger charge is 2.30. The van der Waals surface area contributed by atoms with Crippen LogP contribution in [0.2, 0.25) is 5.02 Å². The number of nitrogens with two attached hydrogens (primary N) is 1. The van der Waals surface area contributed by atoms with Crippen LogP contribution in [0.3, 0.4) is 0 Å². The Hall–Kier alpha value is -0.940. The Kier molecular flexibility index (Phi) is 4.65. The lowest BCUT2D eigenvalue weighted by Crippen LogP contribution is -2.33. The Balaban J connectivity index is 2.81. The Morgan fingerprint density at radius 2 is 2.00 bits per heavy atom. The summed E-state index contributed by atoms with van der Waals surface area (Å²) in [6.45, 7) is 1.08. The number of halogens is 4. The summed E-state index contributed by atoms with van der Waals surface area (Å²) in [5.74, 6) is 0. The second-order valence-corrected chi connectivity index (χ2v) is 4.13. The highest BCUT2D eigenvalue weighted by atomic mass is 35.5. The van der Waals surface area contributed by atoms with E-state index in [0.29, 0.717) is 16.3 Å². The Labute approximate surface area is 103 Å². The zero-order chi connectivity index (χ0) is 13.1. The van der Waals surface area contributed by atoms with E-state index in [0.717, 1.165) is 0 Å². The number of hydrogen-bond donors (Lipinski definition) is 1. The summed E-state index contributed by atoms with van der Waals surface area (Å²) < 4.78 is 36.9. The van der Waals surface area contributed by atoms with Crippen LogP contribution in [0, 0.1) is 0 Å². The van der Waals surface area contributed by atoms with E-state index < -0.39 is 12.7 Å². The molecule has 1 aromatic rings. The van der Waals surface area contributed by atoms with Crippen LogP contribution >= 0.6 is 11.6 Å². The third-order valence-electron chi connectivity index (χ3n) is 2.39. The van der Waals surface area contributed by atoms with E-state index in [2.05, 4.69) is 0 Å². The molecule has 2 N–H and O–H groups in total. The monoisotopic (exact) mass is 266 g/mol. The Morgan fingerprint density at radius 3 is 2.47 bits per heavy atom. The molecule has 17 heavy (non-hydrogen) atoms. The van der Waals surface area contributed by atoms with Gasteiger partial charge in [-0.1, -0.05) is 24.6 Å². The smallest absolute Gasteiger partial charge is 0.398 e. The normalized spacial score (nSPS) is 12.1. The average molecular weight is 267 g/mol. The lowest BCUT2D eigenvalue weighted by atomic mass is 10.1. The first kappa shape index (κ1) is 14.1. The van der Waals surface area contributed by atoms with Crippen molar-refractivity contribution in [1.29, 1.82) is 0 Å². The lowest BCUT2D eigenvalue weighted by molar-refractivity contribution is -0.146. The number of alkyl halides is 3. The summed E-state index contributed by atoms with van der Waals surface area (Å²) in [7, 11) is 0. The van der Waals surface area contributed by atoms with Gasteiger partial charge in [0.1, 0.15) is 0 Å². The maximum absolute atomic E-state index is 12.3. The Bertz CT molecular complexity index is 359. The maximum atomic E-state index is 12.3. The molecule has 0 aliphatic carbocycles. The van der Waals surface area contributed by atoms with Crippen molar-refractivity contribution in [1.82, 2.24) is 4.90 Å². The fourth-order valence-electron chi connectivity index (χ4n) is 1.50. The third-order valence-corrected chi connectivity index (χ3v) is 2.74. The van der Waals surface area contributed by atoms with Crippen LogP contribution < -0.4 is 5.73 Å². The first-order valence-electron chi connectivity index (χ1n) is 5.15. The van der Waals surface area contributed by atoms with Gasteiger partial charge in [-0.05, 0) is 18.7 Å². The van der Waals surface area contributed by atoms with Crippen LogP contribution in [0.1, 0.15) is 12.5 Å². The molecule has 0 aliphatic heterocycles. The van der Waals surface area contributed by atoms with E-state index in [9.17, 15) is 13.2 Å². The molecule has 0 spiro atoms. The molecular weight excluding hydrogens is 253 g/mol. The fourth-order valence-corrected chi connectivity index (χ4v) is 1.74. The van der Waals surface area contributed by atoms with E-state index in [-0.39, 0.29) is 13.1 Å². The van der Waals surface area contributed by atoms with Gasteiger partial charge >= 0.3 is 6.18 Å². The fraction of sp³-hybridized carbons (Fsp3) is 0.455. The van der Waals surface area contributed by atoms with E-state index in [4.69, 9.17) is 17.3 Å². The number of nitrogens with zero attached hydrogens (tertiary/aromatic N) is 1. The quantitative estimate of drug-likeness (QED) is 0.847. The van der Waals surface area contributed by atoms with Gasteiger partial charge in [0.25, 0.3) is 0 Å². The number of hydrogen-bond acceptors (Lipinski definition) is 2. The highest BCUT2D eigenvalue weighted by Crippen LogP contribution is 2.25. The molecule has 2 nitrogen and oxygen atoms in total. The van der Waals surface area contributed by atoms with Gasteiger partial charge in [-0.25, -0.2) is 0 Å². The van der Waals surface area contributed by atoms with Gasteiger partial charge in [0.15, 0.2) is 0 Å². The van der Waals surface area contributed by atoms with Crippen LogP contribution in [0.4, 0.5) is 18.9 Å². The zero-order valence-electron chi connectivity index (χ0n) is 9.39. The molecule has 0 aromatic heterocycles. The van der Waals surface area contributed by atoms with Crippen molar-refractivity contribution in [2.75, 3.05) is 18.8 Å². The summed E-state index contributed by atoms with van der Waals surface area (Å²) in [6, 6.07) is 4.92. The predicted molar refractivity (Wildman–Crippen MR) is 62.9 cm³/mol. The van der Waals surface area contributed by atoms with Gasteiger partial charge in [-0.3, -0.25) is 4.90 Å². The third kappa shape index (κ3) is 4.44. The maximum Gasteiger partial charge on any atom is 0.401 e. The first-order valence-corrected chi connectivity index (χ1v) is 5.53. The van der Waals surface area contributed by atoms with Crippen molar-refractivity contribution < 1.29 is 13.2 Å². The molecule has 0 heterocycles. The van der Waals surface area contributed by atoms with Gasteiger partial charge in [0.2, 0.25) is 0 Å². The summed E-state index contributed by atoms with van der Waals surface area (Å²) in [6.07, 6.45) is -4.22. The second-order valence-electron chi connectivity index (χ2n) is 3.73. The van der Waals surface area contributed by atoms with Gasteiger partial charge in [0, 0.05) is 22.8 Å². The Morgan fingerprint density at radius 1 is 1.35 bits per heavy atom. The molecule has 1 rings (SSSR count). The van der Waals surface area contributed by atoms with E-state index in [1.54, 1.807) is 25.1 Å². The van der Waals surface area contributed by atoms with Crippen molar-refractivity contribution >= 4 is 17.3 Å². The molecule has 0 unspecified atom stereocenters. The molecule has 0 atom stereocenters. The standard InChI is InChI=1S/C11H14ClF3N2/c1-2-17(7-11(13,14)15)6-8-9(12)4-3-5-10(8)16/h3-5H,2,6-7,16H2,1H3. The highest BCUT2D eigenvalue weighted by molar-refractivity contribution is 6.31. The predicted octanol–water partition coefficient (Wildman–Crippen LogP) is 3.31. The van der Waals surface area contributed by atoms with Crippen LogP contribution in [0.5, 0.6) is 0 Å². The van der Waals surface area contributed by atoms with Crippen molar-refractivity contribution in [3.63, 3.8) is 0 Å². The van der Waals surface area contributed by atoms with Gasteiger partial charge in [0.05, 0.1) is 6.54 Å². The van der Waals surface area contributed by atoms with Crippen LogP contribution in [-0.2, 0) is 6.54 Å². The summed E-state index contributed by atoms with van der Waals surface area (Å²) in [5.41, 5.74) is 6.65. The molecule has 0 amide bonds. The molecule has 6 heteroatoms. The molecule has 96 valence electrons. The zero-order valence-corrected chi connectivity index (χ0v) is 10.1. The van der Waals surface area contributed by atoms with Crippen molar-refractivity contribution in [3.8, 4) is 0 Å². The number of nitrogen functional groups attached to an aromatic ring is 1. The van der Waals surface area contributed by atoms with Crippen LogP contribution in [-0.4, -0.2) is 24.2 Å². The van der Waals surface area contributed by atoms with Crippen LogP contribution in [0.25, 0.3) is 0 Å². The van der Waals surface area contributed by atoms with Crippen molar-refractivity contribution in [2.24, 2.45) is 0 Å². The first-order chi connectivity index (χ1) is 7.83. The number of anilines is 1. The molecule has 0 saturated carbocycles. The van der Waals surface area contributed by atoms with Crippen molar-refractivity contribution in [3.05, 3.63) is 28.8 Å². The molecule has 0 saturated heterocycles. The van der Waals surface area contributed by atoms with E-state index >= 15 is 0 Å². The number of rotatable bonds is 4. The van der Waals surface area contributed by atoms with E-state index in [1.807, 2.05) is 0 Å². The van der Waals surface area contributed by atoms with Gasteiger partial charge in [-0.2, -0.15) is 13.2 Å². The SMILES string of the molecule is CCN(Cc1c(N)cccc1Cl)CC(F)(F)F. The van der Waals surface area contributed by atoms with Crippen molar-refractivity contribution in [2.45, 2.75) is 19.6 Å². The summed E-state index contributed by atoms with van der Waals surface area (Å²) >= 11 is 5.91. The van der Waals surface area contributed by atoms with Gasteiger partial charge in [-0.15, -0.1) is 0 Å². The van der Waals surface area contributed by atoms with Gasteiger partial charge < -0.3 is 5.73 Å². The average Bonchev–Trinajstić information content (AvgIpc) is 2.20. The molecule has 0 bridgehead atoms. The van der Waals surface area contributed by atoms with E-state index in [1.165, 1.54) is 4.90 Å². The summed E-state index contributed by atoms with van der Waals surface area (Å²) in [4.78, 5) is 1.25.